The number of anilines is 1. The summed E-state index contributed by atoms with van der Waals surface area (Å²) in [6, 6.07) is 17.3. The molecule has 8 heteroatoms. The number of nitrogens with zero attached hydrogens (tertiary/aromatic N) is 5. The molecule has 6 nitrogen and oxygen atoms in total. The molecule has 1 aromatic heterocycles. The van der Waals surface area contributed by atoms with Gasteiger partial charge in [0, 0.05) is 25.8 Å². The second-order valence-electron chi connectivity index (χ2n) is 7.75. The molecule has 0 amide bonds. The Kier molecular flexibility index (Phi) is 8.98. The van der Waals surface area contributed by atoms with E-state index in [4.69, 9.17) is 4.99 Å². The van der Waals surface area contributed by atoms with Crippen LogP contribution >= 0.6 is 35.7 Å². The maximum absolute atomic E-state index is 4.93. The van der Waals surface area contributed by atoms with E-state index in [1.54, 1.807) is 0 Å². The molecule has 0 aliphatic carbocycles. The fraction of sp³-hybridized carbons (Fsp3) is 0.375. The zero-order valence-corrected chi connectivity index (χ0v) is 22.1. The van der Waals surface area contributed by atoms with Crippen molar-refractivity contribution in [3.05, 3.63) is 65.7 Å². The quantitative estimate of drug-likeness (QED) is 0.196. The van der Waals surface area contributed by atoms with Gasteiger partial charge in [0.05, 0.1) is 0 Å². The molecule has 2 heterocycles. The molecule has 1 aliphatic heterocycles. The van der Waals surface area contributed by atoms with Crippen molar-refractivity contribution in [2.75, 3.05) is 30.0 Å². The zero-order chi connectivity index (χ0) is 21.6. The number of aliphatic imine (C=N–C) groups is 1. The Morgan fingerprint density at radius 2 is 1.94 bits per heavy atom. The van der Waals surface area contributed by atoms with Crippen molar-refractivity contribution in [2.45, 2.75) is 26.3 Å². The van der Waals surface area contributed by atoms with E-state index in [0.717, 1.165) is 49.3 Å². The van der Waals surface area contributed by atoms with Gasteiger partial charge in [-0.3, -0.25) is 0 Å². The van der Waals surface area contributed by atoms with Crippen LogP contribution in [0.3, 0.4) is 0 Å². The van der Waals surface area contributed by atoms with Crippen molar-refractivity contribution in [3.63, 3.8) is 0 Å². The van der Waals surface area contributed by atoms with Crippen LogP contribution in [-0.4, -0.2) is 45.8 Å². The van der Waals surface area contributed by atoms with Crippen molar-refractivity contribution in [2.24, 2.45) is 12.0 Å². The third kappa shape index (κ3) is 5.64. The van der Waals surface area contributed by atoms with Gasteiger partial charge in [0.1, 0.15) is 12.4 Å². The topological polar surface area (TPSA) is 58.3 Å². The zero-order valence-electron chi connectivity index (χ0n) is 18.9. The van der Waals surface area contributed by atoms with Crippen LogP contribution in [0, 0.1) is 6.92 Å². The molecular weight excluding hydrogens is 531 g/mol. The molecule has 0 bridgehead atoms. The molecule has 2 aromatic carbocycles. The molecule has 0 unspecified atom stereocenters. The standard InChI is InChI=1S/C24H30N6S.HI/c1-18-27-28-23(29(18)2)17-26-24(25-13-7-15-31-3)30-14-12-21-16-20(10-11-22(21)30)19-8-5-4-6-9-19;/h4-6,8-11,16H,7,12-15,17H2,1-3H3,(H,25,26);1H. The van der Waals surface area contributed by atoms with Crippen LogP contribution in [-0.2, 0) is 20.0 Å². The molecule has 32 heavy (non-hydrogen) atoms. The van der Waals surface area contributed by atoms with Crippen molar-refractivity contribution < 1.29 is 0 Å². The predicted molar refractivity (Wildman–Crippen MR) is 146 cm³/mol. The van der Waals surface area contributed by atoms with Gasteiger partial charge >= 0.3 is 0 Å². The van der Waals surface area contributed by atoms with Crippen molar-refractivity contribution in [3.8, 4) is 11.1 Å². The summed E-state index contributed by atoms with van der Waals surface area (Å²) in [6.07, 6.45) is 4.27. The highest BCUT2D eigenvalue weighted by atomic mass is 127. The lowest BCUT2D eigenvalue weighted by Gasteiger charge is -2.23. The summed E-state index contributed by atoms with van der Waals surface area (Å²) in [5.74, 6) is 3.84. The highest BCUT2D eigenvalue weighted by Gasteiger charge is 2.23. The number of thioether (sulfide) groups is 1. The maximum Gasteiger partial charge on any atom is 0.198 e. The highest BCUT2D eigenvalue weighted by Crippen LogP contribution is 2.32. The Labute approximate surface area is 211 Å². The van der Waals surface area contributed by atoms with E-state index in [2.05, 4.69) is 75.2 Å². The number of fused-ring (bicyclic) bond motifs is 1. The van der Waals surface area contributed by atoms with Gasteiger partial charge in [-0.25, -0.2) is 4.99 Å². The van der Waals surface area contributed by atoms with Gasteiger partial charge in [-0.1, -0.05) is 36.4 Å². The Balaban J connectivity index is 0.00000289. The van der Waals surface area contributed by atoms with Crippen LogP contribution in [0.4, 0.5) is 5.69 Å². The number of aromatic nitrogens is 3. The van der Waals surface area contributed by atoms with Crippen molar-refractivity contribution >= 4 is 47.4 Å². The Bertz CT molecular complexity index is 1050. The first-order valence-corrected chi connectivity index (χ1v) is 12.1. The van der Waals surface area contributed by atoms with E-state index < -0.39 is 0 Å². The number of hydrogen-bond donors (Lipinski definition) is 1. The largest absolute Gasteiger partial charge is 0.356 e. The van der Waals surface area contributed by atoms with Gasteiger partial charge in [0.25, 0.3) is 0 Å². The molecule has 3 aromatic rings. The SMILES string of the molecule is CSCCCNC(=NCc1nnc(C)n1C)N1CCc2cc(-c3ccccc3)ccc21.I. The van der Waals surface area contributed by atoms with Gasteiger partial charge < -0.3 is 14.8 Å². The lowest BCUT2D eigenvalue weighted by molar-refractivity contribution is 0.760. The van der Waals surface area contributed by atoms with Gasteiger partial charge in [-0.2, -0.15) is 11.8 Å². The summed E-state index contributed by atoms with van der Waals surface area (Å²) >= 11 is 1.87. The average Bonchev–Trinajstić information content (AvgIpc) is 3.37. The summed E-state index contributed by atoms with van der Waals surface area (Å²) < 4.78 is 2.00. The molecule has 1 N–H and O–H groups in total. The van der Waals surface area contributed by atoms with Gasteiger partial charge in [0.2, 0.25) is 0 Å². The Morgan fingerprint density at radius 3 is 2.66 bits per heavy atom. The summed E-state index contributed by atoms with van der Waals surface area (Å²) in [6.45, 7) is 4.31. The molecule has 0 atom stereocenters. The lowest BCUT2D eigenvalue weighted by Crippen LogP contribution is -2.41. The molecule has 0 radical (unpaired) electrons. The molecule has 4 rings (SSSR count). The highest BCUT2D eigenvalue weighted by molar-refractivity contribution is 14.0. The van der Waals surface area contributed by atoms with Crippen molar-refractivity contribution in [1.29, 1.82) is 0 Å². The molecule has 1 aliphatic rings. The van der Waals surface area contributed by atoms with E-state index >= 15 is 0 Å². The van der Waals surface area contributed by atoms with E-state index in [1.165, 1.54) is 22.4 Å². The molecule has 0 fully saturated rings. The fourth-order valence-electron chi connectivity index (χ4n) is 3.82. The van der Waals surface area contributed by atoms with E-state index in [0.29, 0.717) is 6.54 Å². The van der Waals surface area contributed by atoms with E-state index in [9.17, 15) is 0 Å². The van der Waals surface area contributed by atoms with Crippen LogP contribution < -0.4 is 10.2 Å². The van der Waals surface area contributed by atoms with Crippen LogP contribution in [0.5, 0.6) is 0 Å². The first-order chi connectivity index (χ1) is 15.2. The van der Waals surface area contributed by atoms with Crippen molar-refractivity contribution in [1.82, 2.24) is 20.1 Å². The molecular formula is C24H31IN6S. The average molecular weight is 563 g/mol. The second kappa shape index (κ2) is 11.7. The van der Waals surface area contributed by atoms with E-state index in [1.807, 2.05) is 30.3 Å². The Morgan fingerprint density at radius 1 is 1.12 bits per heavy atom. The lowest BCUT2D eigenvalue weighted by atomic mass is 10.0. The number of aryl methyl sites for hydroxylation is 1. The third-order valence-electron chi connectivity index (χ3n) is 5.70. The number of rotatable bonds is 7. The fourth-order valence-corrected chi connectivity index (χ4v) is 4.25. The van der Waals surface area contributed by atoms with Crippen LogP contribution in [0.25, 0.3) is 11.1 Å². The summed E-state index contributed by atoms with van der Waals surface area (Å²) in [5.41, 5.74) is 5.13. The minimum absolute atomic E-state index is 0. The molecule has 0 spiro atoms. The maximum atomic E-state index is 4.93. The van der Waals surface area contributed by atoms with Gasteiger partial charge in [0.15, 0.2) is 11.8 Å². The van der Waals surface area contributed by atoms with Crippen LogP contribution in [0.2, 0.25) is 0 Å². The number of hydrogen-bond acceptors (Lipinski definition) is 4. The first kappa shape index (κ1) is 24.6. The molecule has 0 saturated heterocycles. The summed E-state index contributed by atoms with van der Waals surface area (Å²) in [5, 5.41) is 12.0. The summed E-state index contributed by atoms with van der Waals surface area (Å²) in [4.78, 5) is 7.24. The van der Waals surface area contributed by atoms with Gasteiger partial charge in [-0.15, -0.1) is 34.2 Å². The minimum Gasteiger partial charge on any atom is -0.356 e. The predicted octanol–water partition coefficient (Wildman–Crippen LogP) is 4.67. The van der Waals surface area contributed by atoms with Crippen LogP contribution in [0.15, 0.2) is 53.5 Å². The molecule has 170 valence electrons. The smallest absolute Gasteiger partial charge is 0.198 e. The minimum atomic E-state index is 0. The number of benzene rings is 2. The van der Waals surface area contributed by atoms with E-state index in [-0.39, 0.29) is 24.0 Å². The molecule has 0 saturated carbocycles. The Hall–Kier alpha value is -2.07. The third-order valence-corrected chi connectivity index (χ3v) is 6.40. The number of nitrogens with one attached hydrogen (secondary N) is 1. The van der Waals surface area contributed by atoms with Crippen LogP contribution in [0.1, 0.15) is 23.6 Å². The second-order valence-corrected chi connectivity index (χ2v) is 8.73. The first-order valence-electron chi connectivity index (χ1n) is 10.8. The number of halogens is 1. The van der Waals surface area contributed by atoms with Gasteiger partial charge in [-0.05, 0) is 60.6 Å². The number of guanidine groups is 1. The summed E-state index contributed by atoms with van der Waals surface area (Å²) in [7, 11) is 1.99. The monoisotopic (exact) mass is 562 g/mol. The normalized spacial score (nSPS) is 13.1.